The monoisotopic (exact) mass is 929 g/mol. The SMILES string of the molecule is CCCCCCCCC/C=C\C=C/CCCCCC(=O)OC(COC(=O)CCCCCCCCCCCCCCCCC)COC(=O)CCCCCCCCCCCCCCCCCCC. The molecule has 0 aliphatic rings. The first-order valence-electron chi connectivity index (χ1n) is 29.4. The second kappa shape index (κ2) is 55.5. The molecule has 388 valence electrons. The highest BCUT2D eigenvalue weighted by Gasteiger charge is 2.19. The molecular weight excluding hydrogens is 817 g/mol. The molecule has 1 atom stereocenters. The van der Waals surface area contributed by atoms with Crippen molar-refractivity contribution < 1.29 is 28.6 Å². The molecule has 0 aliphatic heterocycles. The molecule has 0 aromatic carbocycles. The predicted octanol–water partition coefficient (Wildman–Crippen LogP) is 19.5. The molecule has 0 spiro atoms. The van der Waals surface area contributed by atoms with E-state index in [1.54, 1.807) is 0 Å². The zero-order valence-electron chi connectivity index (χ0n) is 44.5. The van der Waals surface area contributed by atoms with Gasteiger partial charge in [0, 0.05) is 19.3 Å². The molecule has 1 unspecified atom stereocenters. The number of allylic oxidation sites excluding steroid dienone is 4. The fourth-order valence-corrected chi connectivity index (χ4v) is 8.79. The Kier molecular flexibility index (Phi) is 53.7. The Labute approximate surface area is 411 Å². The molecule has 0 N–H and O–H groups in total. The van der Waals surface area contributed by atoms with Crippen LogP contribution in [0.25, 0.3) is 0 Å². The summed E-state index contributed by atoms with van der Waals surface area (Å²) in [6.45, 7) is 6.67. The standard InChI is InChI=1S/C60H112O6/c1-4-7-10-13-16-19-22-25-28-30-33-35-38-41-44-47-50-53-59(62)65-56-57(55-64-58(61)52-49-46-43-40-37-34-31-27-24-21-18-15-12-9-6-3)66-60(63)54-51-48-45-42-39-36-32-29-26-23-20-17-14-11-8-5-2/h29,32,36,39,57H,4-28,30-31,33-35,37-38,40-56H2,1-3H3/b32-29-,39-36-. The van der Waals surface area contributed by atoms with Gasteiger partial charge in [0.15, 0.2) is 6.10 Å². The van der Waals surface area contributed by atoms with E-state index in [9.17, 15) is 14.4 Å². The minimum atomic E-state index is -0.780. The van der Waals surface area contributed by atoms with Crippen LogP contribution in [0.3, 0.4) is 0 Å². The fourth-order valence-electron chi connectivity index (χ4n) is 8.79. The van der Waals surface area contributed by atoms with Crippen molar-refractivity contribution in [1.29, 1.82) is 0 Å². The van der Waals surface area contributed by atoms with E-state index >= 15 is 0 Å². The van der Waals surface area contributed by atoms with Crippen LogP contribution in [-0.2, 0) is 28.6 Å². The summed E-state index contributed by atoms with van der Waals surface area (Å²) in [6, 6.07) is 0. The molecule has 0 aromatic heterocycles. The van der Waals surface area contributed by atoms with E-state index in [4.69, 9.17) is 14.2 Å². The van der Waals surface area contributed by atoms with Crippen LogP contribution >= 0.6 is 0 Å². The van der Waals surface area contributed by atoms with E-state index in [1.807, 2.05) is 0 Å². The lowest BCUT2D eigenvalue weighted by Crippen LogP contribution is -2.30. The highest BCUT2D eigenvalue weighted by atomic mass is 16.6. The molecule has 6 nitrogen and oxygen atoms in total. The van der Waals surface area contributed by atoms with Crippen LogP contribution in [-0.4, -0.2) is 37.2 Å². The molecule has 0 fully saturated rings. The molecule has 66 heavy (non-hydrogen) atoms. The Bertz CT molecular complexity index is 1070. The normalized spacial score (nSPS) is 12.1. The number of ether oxygens (including phenoxy) is 3. The van der Waals surface area contributed by atoms with Gasteiger partial charge in [-0.2, -0.15) is 0 Å². The Balaban J connectivity index is 4.36. The average Bonchev–Trinajstić information content (AvgIpc) is 3.31. The zero-order valence-corrected chi connectivity index (χ0v) is 44.5. The second-order valence-electron chi connectivity index (χ2n) is 20.0. The number of hydrogen-bond acceptors (Lipinski definition) is 6. The summed E-state index contributed by atoms with van der Waals surface area (Å²) in [6.07, 6.45) is 64.5. The van der Waals surface area contributed by atoms with Gasteiger partial charge in [-0.15, -0.1) is 0 Å². The Morgan fingerprint density at radius 3 is 0.818 bits per heavy atom. The molecule has 0 aromatic rings. The molecule has 0 saturated heterocycles. The maximum absolute atomic E-state index is 12.8. The van der Waals surface area contributed by atoms with E-state index in [-0.39, 0.29) is 31.1 Å². The number of carbonyl (C=O) groups is 3. The van der Waals surface area contributed by atoms with Crippen LogP contribution in [0.15, 0.2) is 24.3 Å². The highest BCUT2D eigenvalue weighted by molar-refractivity contribution is 5.71. The maximum Gasteiger partial charge on any atom is 0.306 e. The smallest absolute Gasteiger partial charge is 0.306 e. The first-order valence-corrected chi connectivity index (χ1v) is 29.4. The van der Waals surface area contributed by atoms with E-state index in [2.05, 4.69) is 45.1 Å². The molecular formula is C60H112O6. The highest BCUT2D eigenvalue weighted by Crippen LogP contribution is 2.17. The van der Waals surface area contributed by atoms with E-state index in [0.717, 1.165) is 70.6 Å². The lowest BCUT2D eigenvalue weighted by Gasteiger charge is -2.18. The van der Waals surface area contributed by atoms with E-state index < -0.39 is 6.10 Å². The van der Waals surface area contributed by atoms with Crippen LogP contribution in [0.2, 0.25) is 0 Å². The Hall–Kier alpha value is -2.11. The van der Waals surface area contributed by atoms with Gasteiger partial charge >= 0.3 is 17.9 Å². The van der Waals surface area contributed by atoms with Gasteiger partial charge in [-0.1, -0.05) is 283 Å². The Morgan fingerprint density at radius 1 is 0.303 bits per heavy atom. The maximum atomic E-state index is 12.8. The van der Waals surface area contributed by atoms with Crippen LogP contribution < -0.4 is 0 Å². The van der Waals surface area contributed by atoms with Gasteiger partial charge in [-0.3, -0.25) is 14.4 Å². The summed E-state index contributed by atoms with van der Waals surface area (Å²) < 4.78 is 16.9. The van der Waals surface area contributed by atoms with Gasteiger partial charge in [-0.25, -0.2) is 0 Å². The van der Waals surface area contributed by atoms with Crippen molar-refractivity contribution in [3.8, 4) is 0 Å². The predicted molar refractivity (Wildman–Crippen MR) is 284 cm³/mol. The summed E-state index contributed by atoms with van der Waals surface area (Å²) in [5, 5.41) is 0. The lowest BCUT2D eigenvalue weighted by molar-refractivity contribution is -0.167. The first kappa shape index (κ1) is 63.9. The van der Waals surface area contributed by atoms with Crippen molar-refractivity contribution >= 4 is 17.9 Å². The van der Waals surface area contributed by atoms with Gasteiger partial charge in [0.2, 0.25) is 0 Å². The number of hydrogen-bond donors (Lipinski definition) is 0. The quantitative estimate of drug-likeness (QED) is 0.0262. The Morgan fingerprint density at radius 2 is 0.530 bits per heavy atom. The number of rotatable bonds is 54. The van der Waals surface area contributed by atoms with Gasteiger partial charge in [0.1, 0.15) is 13.2 Å². The summed E-state index contributed by atoms with van der Waals surface area (Å²) in [5.41, 5.74) is 0. The largest absolute Gasteiger partial charge is 0.462 e. The zero-order chi connectivity index (χ0) is 47.9. The summed E-state index contributed by atoms with van der Waals surface area (Å²) in [7, 11) is 0. The van der Waals surface area contributed by atoms with Gasteiger partial charge in [0.25, 0.3) is 0 Å². The second-order valence-corrected chi connectivity index (χ2v) is 20.0. The van der Waals surface area contributed by atoms with E-state index in [0.29, 0.717) is 19.3 Å². The number of esters is 3. The molecule has 0 saturated carbocycles. The minimum Gasteiger partial charge on any atom is -0.462 e. The molecule has 0 rings (SSSR count). The van der Waals surface area contributed by atoms with Crippen LogP contribution in [0, 0.1) is 0 Å². The molecule has 0 radical (unpaired) electrons. The third-order valence-corrected chi connectivity index (χ3v) is 13.2. The minimum absolute atomic E-state index is 0.0763. The molecule has 0 aliphatic carbocycles. The molecule has 0 bridgehead atoms. The van der Waals surface area contributed by atoms with Gasteiger partial charge in [-0.05, 0) is 44.9 Å². The third kappa shape index (κ3) is 52.9. The molecule has 0 amide bonds. The molecule has 6 heteroatoms. The third-order valence-electron chi connectivity index (χ3n) is 13.2. The van der Waals surface area contributed by atoms with Crippen molar-refractivity contribution in [3.63, 3.8) is 0 Å². The van der Waals surface area contributed by atoms with Crippen molar-refractivity contribution in [2.24, 2.45) is 0 Å². The summed E-state index contributed by atoms with van der Waals surface area (Å²) in [5.74, 6) is -0.880. The van der Waals surface area contributed by atoms with Gasteiger partial charge < -0.3 is 14.2 Å². The van der Waals surface area contributed by atoms with Gasteiger partial charge in [0.05, 0.1) is 0 Å². The van der Waals surface area contributed by atoms with Crippen molar-refractivity contribution in [2.45, 2.75) is 329 Å². The first-order chi connectivity index (χ1) is 32.5. The summed E-state index contributed by atoms with van der Waals surface area (Å²) in [4.78, 5) is 38.1. The van der Waals surface area contributed by atoms with Crippen molar-refractivity contribution in [2.75, 3.05) is 13.2 Å². The molecule has 0 heterocycles. The van der Waals surface area contributed by atoms with Crippen molar-refractivity contribution in [3.05, 3.63) is 24.3 Å². The van der Waals surface area contributed by atoms with Crippen molar-refractivity contribution in [1.82, 2.24) is 0 Å². The number of carbonyl (C=O) groups excluding carboxylic acids is 3. The van der Waals surface area contributed by atoms with E-state index in [1.165, 1.54) is 212 Å². The number of unbranched alkanes of at least 4 members (excludes halogenated alkanes) is 40. The van der Waals surface area contributed by atoms with Crippen LogP contribution in [0.1, 0.15) is 323 Å². The van der Waals surface area contributed by atoms with Crippen LogP contribution in [0.4, 0.5) is 0 Å². The summed E-state index contributed by atoms with van der Waals surface area (Å²) >= 11 is 0. The topological polar surface area (TPSA) is 78.9 Å². The average molecular weight is 930 g/mol. The van der Waals surface area contributed by atoms with Crippen LogP contribution in [0.5, 0.6) is 0 Å². The lowest BCUT2D eigenvalue weighted by atomic mass is 10.0. The fraction of sp³-hybridized carbons (Fsp3) is 0.883.